The third-order valence-electron chi connectivity index (χ3n) is 14.7. The molecule has 2 aliphatic rings. The molecule has 0 atom stereocenters. The summed E-state index contributed by atoms with van der Waals surface area (Å²) >= 11 is 0. The van der Waals surface area contributed by atoms with Gasteiger partial charge >= 0.3 is 33.4 Å². The van der Waals surface area contributed by atoms with Crippen molar-refractivity contribution >= 4 is 87.0 Å². The molecule has 10 aromatic carbocycles. The SMILES string of the molecule is FC(F)(F)c1cccc(-c2c3nc(c(-c4cccc(C(F)(F)F)c4)c4[n-]c(nc5nc(nc6[n-]c2c2cc7ccccc7cc62)-c2cc6ccccc6cc2-5)c2cc5ccccc5cc42)-c2cc4ccccc4cc2-3)c1.[Pt+2]. The van der Waals surface area contributed by atoms with Crippen LogP contribution in [0.1, 0.15) is 11.1 Å². The van der Waals surface area contributed by atoms with Crippen LogP contribution in [0.25, 0.3) is 155 Å². The molecule has 2 aliphatic heterocycles. The monoisotopic (exact) mass is 1190 g/mol. The van der Waals surface area contributed by atoms with Gasteiger partial charge in [0, 0.05) is 33.4 Å². The van der Waals surface area contributed by atoms with Crippen LogP contribution in [0.4, 0.5) is 26.3 Å². The Morgan fingerprint density at radius 2 is 0.636 bits per heavy atom. The molecule has 0 spiro atoms. The molecule has 15 rings (SSSR count). The molecule has 77 heavy (non-hydrogen) atoms. The largest absolute Gasteiger partial charge is 2.00 e. The van der Waals surface area contributed by atoms with Gasteiger partial charge in [0.15, 0.2) is 0 Å². The summed E-state index contributed by atoms with van der Waals surface area (Å²) in [7, 11) is 0. The van der Waals surface area contributed by atoms with Crippen molar-refractivity contribution in [1.29, 1.82) is 0 Å². The van der Waals surface area contributed by atoms with E-state index >= 15 is 26.3 Å². The molecular formula is C64H32F6N6Pt. The molecule has 0 aliphatic carbocycles. The Morgan fingerprint density at radius 3 is 0.987 bits per heavy atom. The number of benzene rings is 10. The summed E-state index contributed by atoms with van der Waals surface area (Å²) in [5.74, 6) is 0.601. The Kier molecular flexibility index (Phi) is 10.3. The zero-order valence-corrected chi connectivity index (χ0v) is 42.0. The first kappa shape index (κ1) is 46.5. The van der Waals surface area contributed by atoms with Crippen molar-refractivity contribution in [3.8, 4) is 67.5 Å². The first-order valence-corrected chi connectivity index (χ1v) is 24.4. The summed E-state index contributed by atoms with van der Waals surface area (Å²) in [5, 5.41) is 9.27. The van der Waals surface area contributed by atoms with Gasteiger partial charge in [0.1, 0.15) is 0 Å². The van der Waals surface area contributed by atoms with E-state index in [0.29, 0.717) is 66.5 Å². The molecule has 5 heterocycles. The first-order valence-electron chi connectivity index (χ1n) is 24.4. The van der Waals surface area contributed by atoms with Gasteiger partial charge in [0.05, 0.1) is 34.2 Å². The molecule has 0 N–H and O–H groups in total. The second-order valence-electron chi connectivity index (χ2n) is 19.2. The molecule has 370 valence electrons. The maximum absolute atomic E-state index is 15.0. The Labute approximate surface area is 447 Å². The summed E-state index contributed by atoms with van der Waals surface area (Å²) in [6.07, 6.45) is -9.46. The van der Waals surface area contributed by atoms with Crippen molar-refractivity contribution in [3.63, 3.8) is 0 Å². The quantitative estimate of drug-likeness (QED) is 0.161. The maximum atomic E-state index is 15.0. The van der Waals surface area contributed by atoms with Crippen LogP contribution >= 0.6 is 0 Å². The second-order valence-corrected chi connectivity index (χ2v) is 19.2. The Bertz CT molecular complexity index is 4580. The summed E-state index contributed by atoms with van der Waals surface area (Å²) in [5.41, 5.74) is 3.03. The van der Waals surface area contributed by atoms with Gasteiger partial charge in [-0.05, 0) is 171 Å². The van der Waals surface area contributed by atoms with Crippen molar-refractivity contribution in [1.82, 2.24) is 29.9 Å². The van der Waals surface area contributed by atoms with Gasteiger partial charge in [0.25, 0.3) is 0 Å². The van der Waals surface area contributed by atoms with Crippen molar-refractivity contribution in [2.75, 3.05) is 0 Å². The van der Waals surface area contributed by atoms with E-state index in [2.05, 4.69) is 0 Å². The van der Waals surface area contributed by atoms with Crippen LogP contribution < -0.4 is 9.97 Å². The van der Waals surface area contributed by atoms with Gasteiger partial charge < -0.3 is 19.9 Å². The fraction of sp³-hybridized carbons (Fsp3) is 0.0312. The Balaban J connectivity index is 0.00000540. The molecule has 0 radical (unpaired) electrons. The third kappa shape index (κ3) is 7.45. The fourth-order valence-corrected chi connectivity index (χ4v) is 11.2. The number of nitrogens with zero attached hydrogens (tertiary/aromatic N) is 6. The van der Waals surface area contributed by atoms with Crippen LogP contribution in [0.15, 0.2) is 194 Å². The topological polar surface area (TPSA) is 79.8 Å². The van der Waals surface area contributed by atoms with Crippen LogP contribution in [-0.2, 0) is 33.4 Å². The molecule has 6 nitrogen and oxygen atoms in total. The van der Waals surface area contributed by atoms with E-state index in [9.17, 15) is 0 Å². The van der Waals surface area contributed by atoms with Crippen molar-refractivity contribution in [3.05, 3.63) is 205 Å². The fourth-order valence-electron chi connectivity index (χ4n) is 11.2. The summed E-state index contributed by atoms with van der Waals surface area (Å²) < 4.78 is 90.0. The van der Waals surface area contributed by atoms with Gasteiger partial charge in [-0.15, -0.1) is 0 Å². The molecular weight excluding hydrogens is 1160 g/mol. The second kappa shape index (κ2) is 17.0. The minimum atomic E-state index is -4.73. The number of rotatable bonds is 2. The van der Waals surface area contributed by atoms with Crippen molar-refractivity contribution < 1.29 is 47.4 Å². The molecule has 0 amide bonds. The number of alkyl halides is 6. The number of hydrogen-bond acceptors (Lipinski definition) is 4. The van der Waals surface area contributed by atoms with E-state index in [0.717, 1.165) is 67.4 Å². The number of hydrogen-bond donors (Lipinski definition) is 0. The van der Waals surface area contributed by atoms with Crippen LogP contribution in [-0.4, -0.2) is 19.9 Å². The maximum Gasteiger partial charge on any atom is 2.00 e. The van der Waals surface area contributed by atoms with Gasteiger partial charge in [-0.1, -0.05) is 121 Å². The zero-order chi connectivity index (χ0) is 51.2. The molecule has 3 aromatic heterocycles. The van der Waals surface area contributed by atoms with E-state index in [1.54, 1.807) is 12.1 Å². The average Bonchev–Trinajstić information content (AvgIpc) is 4.36. The van der Waals surface area contributed by atoms with Crippen LogP contribution in [0.3, 0.4) is 0 Å². The van der Waals surface area contributed by atoms with Gasteiger partial charge in [-0.3, -0.25) is 4.98 Å². The van der Waals surface area contributed by atoms with Crippen LogP contribution in [0, 0.1) is 0 Å². The number of fused-ring (bicyclic) bond motifs is 24. The summed E-state index contributed by atoms with van der Waals surface area (Å²) in [6, 6.07) is 57.0. The van der Waals surface area contributed by atoms with E-state index in [-0.39, 0.29) is 66.0 Å². The minimum absolute atomic E-state index is 0. The first-order chi connectivity index (χ1) is 36.9. The minimum Gasteiger partial charge on any atom is -0.435 e. The molecule has 13 heteroatoms. The predicted octanol–water partition coefficient (Wildman–Crippen LogP) is 17.3. The van der Waals surface area contributed by atoms with E-state index in [4.69, 9.17) is 29.9 Å². The van der Waals surface area contributed by atoms with Gasteiger partial charge in [-0.2, -0.15) is 26.3 Å². The zero-order valence-electron chi connectivity index (χ0n) is 39.7. The number of aromatic nitrogens is 6. The van der Waals surface area contributed by atoms with E-state index < -0.39 is 23.5 Å². The normalized spacial score (nSPS) is 12.4. The van der Waals surface area contributed by atoms with E-state index in [1.165, 1.54) is 12.1 Å². The molecule has 0 saturated carbocycles. The Hall–Kier alpha value is -8.99. The smallest absolute Gasteiger partial charge is 0.435 e. The average molecular weight is 1190 g/mol. The standard InChI is InChI=1S/C64H32F6N6.Pt/c65-63(66,67)43-21-9-19-41(23-43)53-55-45-25-33-11-1-2-12-34(33)26-46(45)56(71-55)54(42-20-10-22-44(24-42)64(68,69)70)58-48-28-36-14-4-6-16-38(36)30-50(48)60(73-58)75-62-52-32-40-18-8-7-17-39(40)31-51(52)61(76-62)74-59-49-29-37-15-5-3-13-35(37)27-47(49)57(53)72-59;/h1-32H;/q-2;+2. The predicted molar refractivity (Wildman–Crippen MR) is 289 cm³/mol. The molecule has 0 saturated heterocycles. The van der Waals surface area contributed by atoms with Gasteiger partial charge in [-0.25, -0.2) is 4.98 Å². The van der Waals surface area contributed by atoms with Crippen molar-refractivity contribution in [2.24, 2.45) is 0 Å². The van der Waals surface area contributed by atoms with Gasteiger partial charge in [0.2, 0.25) is 0 Å². The summed E-state index contributed by atoms with van der Waals surface area (Å²) in [4.78, 5) is 32.0. The molecule has 8 bridgehead atoms. The van der Waals surface area contributed by atoms with Crippen molar-refractivity contribution in [2.45, 2.75) is 12.4 Å². The molecule has 13 aromatic rings. The Morgan fingerprint density at radius 1 is 0.312 bits per heavy atom. The van der Waals surface area contributed by atoms with Crippen LogP contribution in [0.5, 0.6) is 0 Å². The third-order valence-corrected chi connectivity index (χ3v) is 14.7. The summed E-state index contributed by atoms with van der Waals surface area (Å²) in [6.45, 7) is 0. The molecule has 0 fully saturated rings. The van der Waals surface area contributed by atoms with Crippen LogP contribution in [0.2, 0.25) is 0 Å². The van der Waals surface area contributed by atoms with E-state index in [1.807, 2.05) is 146 Å². The molecule has 0 unspecified atom stereocenters. The number of halogens is 6.